The maximum absolute atomic E-state index is 12.9. The van der Waals surface area contributed by atoms with E-state index >= 15 is 0 Å². The van der Waals surface area contributed by atoms with Crippen molar-refractivity contribution in [1.29, 1.82) is 0 Å². The Hall–Kier alpha value is -3.19. The van der Waals surface area contributed by atoms with Crippen molar-refractivity contribution in [2.45, 2.75) is 0 Å². The molecule has 1 saturated heterocycles. The number of piperazine rings is 1. The fourth-order valence-electron chi connectivity index (χ4n) is 3.06. The molecule has 0 aromatic heterocycles. The molecule has 27 heavy (non-hydrogen) atoms. The highest BCUT2D eigenvalue weighted by Crippen LogP contribution is 2.19. The van der Waals surface area contributed by atoms with Crippen LogP contribution in [0, 0.1) is 0 Å². The summed E-state index contributed by atoms with van der Waals surface area (Å²) < 4.78 is 0. The first-order chi connectivity index (χ1) is 13.0. The van der Waals surface area contributed by atoms with E-state index < -0.39 is 0 Å². The Morgan fingerprint density at radius 1 is 0.889 bits per heavy atom. The molecule has 0 atom stereocenters. The quantitative estimate of drug-likeness (QED) is 0.831. The van der Waals surface area contributed by atoms with Gasteiger partial charge in [0.2, 0.25) is 5.91 Å². The van der Waals surface area contributed by atoms with Gasteiger partial charge in [0.1, 0.15) is 0 Å². The molecule has 0 unspecified atom stereocenters. The van der Waals surface area contributed by atoms with Gasteiger partial charge in [-0.15, -0.1) is 0 Å². The molecule has 2 aromatic carbocycles. The summed E-state index contributed by atoms with van der Waals surface area (Å²) in [5.41, 5.74) is 6.68. The minimum absolute atomic E-state index is 0.141. The molecule has 1 heterocycles. The predicted octanol–water partition coefficient (Wildman–Crippen LogP) is 1.18. The molecule has 1 aliphatic heterocycles. The molecule has 7 heteroatoms. The highest BCUT2D eigenvalue weighted by molar-refractivity contribution is 6.09. The van der Waals surface area contributed by atoms with Crippen molar-refractivity contribution in [1.82, 2.24) is 9.80 Å². The van der Waals surface area contributed by atoms with Gasteiger partial charge >= 0.3 is 0 Å². The first-order valence-corrected chi connectivity index (χ1v) is 8.80. The van der Waals surface area contributed by atoms with Crippen LogP contribution >= 0.6 is 0 Å². The number of benzene rings is 2. The largest absolute Gasteiger partial charge is 0.369 e. The lowest BCUT2D eigenvalue weighted by Gasteiger charge is -2.34. The van der Waals surface area contributed by atoms with Crippen molar-refractivity contribution < 1.29 is 14.4 Å². The summed E-state index contributed by atoms with van der Waals surface area (Å²) in [5.74, 6) is -0.774. The van der Waals surface area contributed by atoms with Crippen molar-refractivity contribution in [3.63, 3.8) is 0 Å². The lowest BCUT2D eigenvalue weighted by atomic mass is 10.1. The summed E-state index contributed by atoms with van der Waals surface area (Å²) in [6, 6.07) is 15.8. The van der Waals surface area contributed by atoms with E-state index in [1.807, 2.05) is 11.0 Å². The van der Waals surface area contributed by atoms with Gasteiger partial charge in [-0.3, -0.25) is 19.3 Å². The Bertz CT molecular complexity index is 830. The van der Waals surface area contributed by atoms with E-state index in [9.17, 15) is 14.4 Å². The Morgan fingerprint density at radius 3 is 2.19 bits per heavy atom. The van der Waals surface area contributed by atoms with Crippen LogP contribution in [0.25, 0.3) is 0 Å². The van der Waals surface area contributed by atoms with Crippen LogP contribution in [0.3, 0.4) is 0 Å². The van der Waals surface area contributed by atoms with E-state index in [2.05, 4.69) is 5.32 Å². The Morgan fingerprint density at radius 2 is 1.52 bits per heavy atom. The number of rotatable bonds is 5. The van der Waals surface area contributed by atoms with Crippen LogP contribution in [0.15, 0.2) is 54.6 Å². The molecule has 1 fully saturated rings. The Kier molecular flexibility index (Phi) is 5.83. The second-order valence-corrected chi connectivity index (χ2v) is 6.40. The van der Waals surface area contributed by atoms with Gasteiger partial charge in [0, 0.05) is 31.7 Å². The molecule has 0 bridgehead atoms. The maximum atomic E-state index is 12.9. The monoisotopic (exact) mass is 366 g/mol. The topological polar surface area (TPSA) is 95.7 Å². The molecule has 2 aromatic rings. The van der Waals surface area contributed by atoms with Crippen molar-refractivity contribution in [2.75, 3.05) is 38.0 Å². The summed E-state index contributed by atoms with van der Waals surface area (Å²) in [6.07, 6.45) is 0. The summed E-state index contributed by atoms with van der Waals surface area (Å²) in [4.78, 5) is 40.0. The third-order valence-corrected chi connectivity index (χ3v) is 4.48. The van der Waals surface area contributed by atoms with Crippen molar-refractivity contribution in [3.05, 3.63) is 65.7 Å². The number of amides is 3. The maximum Gasteiger partial charge on any atom is 0.256 e. The third kappa shape index (κ3) is 4.71. The summed E-state index contributed by atoms with van der Waals surface area (Å²) >= 11 is 0. The number of nitrogens with two attached hydrogens (primary N) is 1. The number of primary amides is 1. The molecule has 3 N–H and O–H groups in total. The zero-order valence-electron chi connectivity index (χ0n) is 14.9. The zero-order valence-corrected chi connectivity index (χ0v) is 14.9. The SMILES string of the molecule is NC(=O)CN1CCN(C(=O)c2ccccc2NC(=O)c2ccccc2)CC1. The van der Waals surface area contributed by atoms with Crippen LogP contribution in [0.2, 0.25) is 0 Å². The van der Waals surface area contributed by atoms with Crippen LogP contribution < -0.4 is 11.1 Å². The van der Waals surface area contributed by atoms with E-state index in [4.69, 9.17) is 5.73 Å². The average Bonchev–Trinajstić information content (AvgIpc) is 2.69. The third-order valence-electron chi connectivity index (χ3n) is 4.48. The average molecular weight is 366 g/mol. The fraction of sp³-hybridized carbons (Fsp3) is 0.250. The summed E-state index contributed by atoms with van der Waals surface area (Å²) in [7, 11) is 0. The Labute approximate surface area is 157 Å². The summed E-state index contributed by atoms with van der Waals surface area (Å²) in [5, 5.41) is 2.82. The van der Waals surface area contributed by atoms with Crippen LogP contribution in [0.5, 0.6) is 0 Å². The van der Waals surface area contributed by atoms with E-state index in [0.717, 1.165) is 0 Å². The van der Waals surface area contributed by atoms with Gasteiger partial charge in [-0.2, -0.15) is 0 Å². The van der Waals surface area contributed by atoms with Crippen molar-refractivity contribution >= 4 is 23.4 Å². The standard InChI is InChI=1S/C20H22N4O3/c21-18(25)14-23-10-12-24(13-11-23)20(27)16-8-4-5-9-17(16)22-19(26)15-6-2-1-3-7-15/h1-9H,10-14H2,(H2,21,25)(H,22,26). The molecular formula is C20H22N4O3. The van der Waals surface area contributed by atoms with Crippen LogP contribution in [-0.4, -0.2) is 60.2 Å². The zero-order chi connectivity index (χ0) is 19.2. The highest BCUT2D eigenvalue weighted by atomic mass is 16.2. The van der Waals surface area contributed by atoms with E-state index in [1.54, 1.807) is 53.4 Å². The number of carbonyl (C=O) groups is 3. The van der Waals surface area contributed by atoms with Gasteiger partial charge in [-0.05, 0) is 24.3 Å². The predicted molar refractivity (Wildman–Crippen MR) is 102 cm³/mol. The molecule has 0 aliphatic carbocycles. The molecule has 140 valence electrons. The number of hydrogen-bond acceptors (Lipinski definition) is 4. The van der Waals surface area contributed by atoms with Crippen LogP contribution in [-0.2, 0) is 4.79 Å². The van der Waals surface area contributed by atoms with E-state index in [0.29, 0.717) is 43.0 Å². The number of nitrogens with one attached hydrogen (secondary N) is 1. The second-order valence-electron chi connectivity index (χ2n) is 6.40. The number of anilines is 1. The Balaban J connectivity index is 1.69. The molecule has 0 spiro atoms. The first-order valence-electron chi connectivity index (χ1n) is 8.80. The van der Waals surface area contributed by atoms with Gasteiger partial charge in [0.05, 0.1) is 17.8 Å². The summed E-state index contributed by atoms with van der Waals surface area (Å²) in [6.45, 7) is 2.40. The smallest absolute Gasteiger partial charge is 0.256 e. The molecule has 7 nitrogen and oxygen atoms in total. The van der Waals surface area contributed by atoms with Gasteiger partial charge in [-0.25, -0.2) is 0 Å². The van der Waals surface area contributed by atoms with Crippen molar-refractivity contribution in [3.8, 4) is 0 Å². The minimum Gasteiger partial charge on any atom is -0.369 e. The van der Waals surface area contributed by atoms with E-state index in [-0.39, 0.29) is 24.3 Å². The molecule has 3 rings (SSSR count). The number of carbonyl (C=O) groups excluding carboxylic acids is 3. The molecule has 0 saturated carbocycles. The molecule has 3 amide bonds. The molecule has 1 aliphatic rings. The molecular weight excluding hydrogens is 344 g/mol. The van der Waals surface area contributed by atoms with Gasteiger partial charge < -0.3 is 16.0 Å². The van der Waals surface area contributed by atoms with Crippen LogP contribution in [0.4, 0.5) is 5.69 Å². The number of para-hydroxylation sites is 1. The second kappa shape index (κ2) is 8.46. The van der Waals surface area contributed by atoms with Gasteiger partial charge in [-0.1, -0.05) is 30.3 Å². The highest BCUT2D eigenvalue weighted by Gasteiger charge is 2.24. The van der Waals surface area contributed by atoms with Gasteiger partial charge in [0.15, 0.2) is 0 Å². The fourth-order valence-corrected chi connectivity index (χ4v) is 3.06. The first kappa shape index (κ1) is 18.6. The normalized spacial score (nSPS) is 14.6. The minimum atomic E-state index is -0.372. The lowest BCUT2D eigenvalue weighted by Crippen LogP contribution is -2.50. The molecule has 0 radical (unpaired) electrons. The number of nitrogens with zero attached hydrogens (tertiary/aromatic N) is 2. The van der Waals surface area contributed by atoms with Gasteiger partial charge in [0.25, 0.3) is 11.8 Å². The van der Waals surface area contributed by atoms with E-state index in [1.165, 1.54) is 0 Å². The van der Waals surface area contributed by atoms with Crippen molar-refractivity contribution in [2.24, 2.45) is 5.73 Å². The number of hydrogen-bond donors (Lipinski definition) is 2. The lowest BCUT2D eigenvalue weighted by molar-refractivity contribution is -0.119. The van der Waals surface area contributed by atoms with Crippen LogP contribution in [0.1, 0.15) is 20.7 Å².